The Morgan fingerprint density at radius 3 is 2.60 bits per heavy atom. The Morgan fingerprint density at radius 2 is 2.00 bits per heavy atom. The van der Waals surface area contributed by atoms with Crippen molar-refractivity contribution in [2.75, 3.05) is 31.8 Å². The van der Waals surface area contributed by atoms with Gasteiger partial charge < -0.3 is 20.0 Å². The summed E-state index contributed by atoms with van der Waals surface area (Å²) in [7, 11) is 5.37. The van der Waals surface area contributed by atoms with Crippen LogP contribution in [0.25, 0.3) is 0 Å². The molecule has 2 rings (SSSR count). The predicted octanol–water partition coefficient (Wildman–Crippen LogP) is 2.20. The lowest BCUT2D eigenvalue weighted by Gasteiger charge is -2.23. The summed E-state index contributed by atoms with van der Waals surface area (Å²) in [4.78, 5) is 15.7. The molecule has 1 amide bonds. The summed E-state index contributed by atoms with van der Waals surface area (Å²) in [5.74, 6) is 0.782. The Hall–Kier alpha value is -2.43. The molecule has 1 heterocycles. The first-order chi connectivity index (χ1) is 9.49. The van der Waals surface area contributed by atoms with E-state index in [4.69, 9.17) is 10.2 Å². The topological polar surface area (TPSA) is 62.7 Å². The summed E-state index contributed by atoms with van der Waals surface area (Å²) >= 11 is 0. The van der Waals surface area contributed by atoms with Crippen LogP contribution in [-0.2, 0) is 6.54 Å². The second-order valence-electron chi connectivity index (χ2n) is 4.91. The molecule has 0 radical (unpaired) electrons. The van der Waals surface area contributed by atoms with E-state index < -0.39 is 0 Å². The second kappa shape index (κ2) is 5.69. The molecule has 5 nitrogen and oxygen atoms in total. The number of nitrogens with two attached hydrogens (primary N) is 1. The van der Waals surface area contributed by atoms with Gasteiger partial charge in [0.15, 0.2) is 0 Å². The molecule has 0 saturated carbocycles. The Labute approximate surface area is 118 Å². The maximum Gasteiger partial charge on any atom is 0.255 e. The standard InChI is InChI=1S/C15H19N3O2/c1-17(2)15(19)13-7-6-11(16)9-14(13)18(3)10-12-5-4-8-20-12/h4-9H,10,16H2,1-3H3. The van der Waals surface area contributed by atoms with Crippen LogP contribution in [0.5, 0.6) is 0 Å². The van der Waals surface area contributed by atoms with Gasteiger partial charge in [0.25, 0.3) is 5.91 Å². The number of rotatable bonds is 4. The highest BCUT2D eigenvalue weighted by Crippen LogP contribution is 2.25. The van der Waals surface area contributed by atoms with Crippen molar-refractivity contribution in [1.29, 1.82) is 0 Å². The van der Waals surface area contributed by atoms with Crippen LogP contribution in [0, 0.1) is 0 Å². The van der Waals surface area contributed by atoms with Crippen LogP contribution >= 0.6 is 0 Å². The van der Waals surface area contributed by atoms with E-state index in [1.807, 2.05) is 24.1 Å². The third kappa shape index (κ3) is 2.93. The van der Waals surface area contributed by atoms with Crippen molar-refractivity contribution in [1.82, 2.24) is 4.90 Å². The molecular formula is C15H19N3O2. The fraction of sp³-hybridized carbons (Fsp3) is 0.267. The quantitative estimate of drug-likeness (QED) is 0.867. The van der Waals surface area contributed by atoms with Gasteiger partial charge in [-0.1, -0.05) is 0 Å². The van der Waals surface area contributed by atoms with E-state index in [-0.39, 0.29) is 5.91 Å². The van der Waals surface area contributed by atoms with Gasteiger partial charge in [-0.05, 0) is 30.3 Å². The van der Waals surface area contributed by atoms with E-state index in [1.54, 1.807) is 43.5 Å². The summed E-state index contributed by atoms with van der Waals surface area (Å²) < 4.78 is 5.34. The second-order valence-corrected chi connectivity index (χ2v) is 4.91. The summed E-state index contributed by atoms with van der Waals surface area (Å²) in [6.45, 7) is 0.574. The van der Waals surface area contributed by atoms with Crippen molar-refractivity contribution in [3.05, 3.63) is 47.9 Å². The molecule has 20 heavy (non-hydrogen) atoms. The first-order valence-electron chi connectivity index (χ1n) is 6.33. The van der Waals surface area contributed by atoms with Crippen LogP contribution in [0.1, 0.15) is 16.1 Å². The Morgan fingerprint density at radius 1 is 1.25 bits per heavy atom. The third-order valence-electron chi connectivity index (χ3n) is 3.04. The Kier molecular flexibility index (Phi) is 3.98. The van der Waals surface area contributed by atoms with E-state index in [0.29, 0.717) is 17.8 Å². The van der Waals surface area contributed by atoms with Gasteiger partial charge in [0, 0.05) is 26.8 Å². The third-order valence-corrected chi connectivity index (χ3v) is 3.04. The Balaban J connectivity index is 2.33. The number of benzene rings is 1. The first kappa shape index (κ1) is 14.0. The molecule has 2 N–H and O–H groups in total. The van der Waals surface area contributed by atoms with Gasteiger partial charge in [-0.3, -0.25) is 4.79 Å². The molecule has 106 valence electrons. The molecule has 2 aromatic rings. The minimum atomic E-state index is -0.0497. The summed E-state index contributed by atoms with van der Waals surface area (Å²) in [5.41, 5.74) is 7.88. The van der Waals surface area contributed by atoms with Crippen molar-refractivity contribution in [2.24, 2.45) is 0 Å². The number of nitrogens with zero attached hydrogens (tertiary/aromatic N) is 2. The lowest BCUT2D eigenvalue weighted by molar-refractivity contribution is 0.0828. The van der Waals surface area contributed by atoms with Crippen LogP contribution in [0.2, 0.25) is 0 Å². The molecule has 0 spiro atoms. The number of carbonyl (C=O) groups is 1. The lowest BCUT2D eigenvalue weighted by atomic mass is 10.1. The van der Waals surface area contributed by atoms with E-state index in [9.17, 15) is 4.79 Å². The van der Waals surface area contributed by atoms with Crippen molar-refractivity contribution in [2.45, 2.75) is 6.54 Å². The Bertz CT molecular complexity index is 591. The van der Waals surface area contributed by atoms with Gasteiger partial charge in [0.2, 0.25) is 0 Å². The fourth-order valence-corrected chi connectivity index (χ4v) is 2.01. The molecule has 0 aliphatic rings. The van der Waals surface area contributed by atoms with Gasteiger partial charge in [-0.2, -0.15) is 0 Å². The number of hydrogen-bond donors (Lipinski definition) is 1. The summed E-state index contributed by atoms with van der Waals surface area (Å²) in [5, 5.41) is 0. The number of hydrogen-bond acceptors (Lipinski definition) is 4. The van der Waals surface area contributed by atoms with Crippen LogP contribution in [0.3, 0.4) is 0 Å². The molecule has 1 aromatic heterocycles. The van der Waals surface area contributed by atoms with Gasteiger partial charge in [0.1, 0.15) is 5.76 Å². The molecule has 0 unspecified atom stereocenters. The van der Waals surface area contributed by atoms with Crippen molar-refractivity contribution < 1.29 is 9.21 Å². The molecular weight excluding hydrogens is 254 g/mol. The predicted molar refractivity (Wildman–Crippen MR) is 79.7 cm³/mol. The monoisotopic (exact) mass is 273 g/mol. The van der Waals surface area contributed by atoms with Crippen molar-refractivity contribution in [3.63, 3.8) is 0 Å². The van der Waals surface area contributed by atoms with Crippen LogP contribution in [0.4, 0.5) is 11.4 Å². The lowest BCUT2D eigenvalue weighted by Crippen LogP contribution is -2.26. The average Bonchev–Trinajstić information content (AvgIpc) is 2.90. The van der Waals surface area contributed by atoms with E-state index in [2.05, 4.69) is 0 Å². The minimum absolute atomic E-state index is 0.0497. The molecule has 5 heteroatoms. The number of carbonyl (C=O) groups excluding carboxylic acids is 1. The first-order valence-corrected chi connectivity index (χ1v) is 6.33. The highest BCUT2D eigenvalue weighted by Gasteiger charge is 2.17. The van der Waals surface area contributed by atoms with E-state index in [0.717, 1.165) is 11.4 Å². The molecule has 0 aliphatic heterocycles. The molecule has 0 saturated heterocycles. The minimum Gasteiger partial charge on any atom is -0.467 e. The van der Waals surface area contributed by atoms with Crippen molar-refractivity contribution in [3.8, 4) is 0 Å². The zero-order valence-corrected chi connectivity index (χ0v) is 12.0. The van der Waals surface area contributed by atoms with Gasteiger partial charge in [0.05, 0.1) is 24.1 Å². The summed E-state index contributed by atoms with van der Waals surface area (Å²) in [6, 6.07) is 9.04. The number of anilines is 2. The smallest absolute Gasteiger partial charge is 0.255 e. The summed E-state index contributed by atoms with van der Waals surface area (Å²) in [6.07, 6.45) is 1.63. The fourth-order valence-electron chi connectivity index (χ4n) is 2.01. The zero-order chi connectivity index (χ0) is 14.7. The number of nitrogen functional groups attached to an aromatic ring is 1. The normalized spacial score (nSPS) is 10.3. The zero-order valence-electron chi connectivity index (χ0n) is 12.0. The average molecular weight is 273 g/mol. The molecule has 0 aliphatic carbocycles. The van der Waals surface area contributed by atoms with Crippen LogP contribution < -0.4 is 10.6 Å². The van der Waals surface area contributed by atoms with Crippen molar-refractivity contribution >= 4 is 17.3 Å². The van der Waals surface area contributed by atoms with Gasteiger partial charge >= 0.3 is 0 Å². The molecule has 1 aromatic carbocycles. The molecule has 0 fully saturated rings. The highest BCUT2D eigenvalue weighted by atomic mass is 16.3. The van der Waals surface area contributed by atoms with E-state index >= 15 is 0 Å². The maximum atomic E-state index is 12.2. The number of amides is 1. The van der Waals surface area contributed by atoms with Gasteiger partial charge in [-0.25, -0.2) is 0 Å². The van der Waals surface area contributed by atoms with Gasteiger partial charge in [-0.15, -0.1) is 0 Å². The largest absolute Gasteiger partial charge is 0.467 e. The highest BCUT2D eigenvalue weighted by molar-refractivity contribution is 6.00. The SMILES string of the molecule is CN(C)C(=O)c1ccc(N)cc1N(C)Cc1ccco1. The van der Waals surface area contributed by atoms with E-state index in [1.165, 1.54) is 0 Å². The maximum absolute atomic E-state index is 12.2. The van der Waals surface area contributed by atoms with Crippen LogP contribution in [0.15, 0.2) is 41.0 Å². The van der Waals surface area contributed by atoms with Crippen LogP contribution in [-0.4, -0.2) is 32.0 Å². The molecule has 0 bridgehead atoms. The number of furan rings is 1. The molecule has 0 atom stereocenters.